The summed E-state index contributed by atoms with van der Waals surface area (Å²) < 4.78 is 10.9. The smallest absolute Gasteiger partial charge is 0.118 e. The van der Waals surface area contributed by atoms with Crippen molar-refractivity contribution in [3.05, 3.63) is 83.9 Å². The molecule has 0 spiro atoms. The molecular formula is C24H27NO2Si. The fourth-order valence-corrected chi connectivity index (χ4v) is 8.15. The molecule has 0 amide bonds. The number of rotatable bonds is 5. The first-order chi connectivity index (χ1) is 13.5. The molecule has 3 nitrogen and oxygen atoms in total. The molecule has 4 rings (SSSR count). The lowest BCUT2D eigenvalue weighted by molar-refractivity contribution is 0.414. The van der Waals surface area contributed by atoms with Gasteiger partial charge in [-0.1, -0.05) is 55.6 Å². The molecule has 3 aromatic carbocycles. The van der Waals surface area contributed by atoms with E-state index < -0.39 is 8.07 Å². The summed E-state index contributed by atoms with van der Waals surface area (Å²) >= 11 is 0. The number of anilines is 1. The Morgan fingerprint density at radius 2 is 1.46 bits per heavy atom. The van der Waals surface area contributed by atoms with Gasteiger partial charge in [0.15, 0.2) is 0 Å². The zero-order valence-electron chi connectivity index (χ0n) is 17.0. The molecule has 1 aliphatic heterocycles. The Morgan fingerprint density at radius 3 is 2.11 bits per heavy atom. The number of hydrogen-bond donors (Lipinski definition) is 0. The summed E-state index contributed by atoms with van der Waals surface area (Å²) in [4.78, 5) is 2.58. The summed E-state index contributed by atoms with van der Waals surface area (Å²) in [6.45, 7) is 5.81. The SMILES string of the molecule is COc1ccc(CN2c3ccc(OC)cc3[Si](C)(C)C2c2ccccc2)cc1. The minimum atomic E-state index is -1.79. The molecule has 1 aliphatic rings. The van der Waals surface area contributed by atoms with E-state index in [0.717, 1.165) is 18.0 Å². The Morgan fingerprint density at radius 1 is 0.821 bits per heavy atom. The van der Waals surface area contributed by atoms with E-state index in [0.29, 0.717) is 5.67 Å². The van der Waals surface area contributed by atoms with E-state index in [1.165, 1.54) is 22.0 Å². The highest BCUT2D eigenvalue weighted by Gasteiger charge is 2.47. The third kappa shape index (κ3) is 3.18. The highest BCUT2D eigenvalue weighted by molar-refractivity contribution is 6.93. The largest absolute Gasteiger partial charge is 0.497 e. The fourth-order valence-electron chi connectivity index (χ4n) is 4.42. The summed E-state index contributed by atoms with van der Waals surface area (Å²) in [7, 11) is 1.66. The summed E-state index contributed by atoms with van der Waals surface area (Å²) in [5, 5.41) is 1.47. The quantitative estimate of drug-likeness (QED) is 0.578. The number of hydrogen-bond acceptors (Lipinski definition) is 3. The van der Waals surface area contributed by atoms with Crippen molar-refractivity contribution in [1.29, 1.82) is 0 Å². The second-order valence-electron chi connectivity index (χ2n) is 7.89. The van der Waals surface area contributed by atoms with Gasteiger partial charge in [-0.15, -0.1) is 0 Å². The van der Waals surface area contributed by atoms with Gasteiger partial charge in [-0.2, -0.15) is 0 Å². The van der Waals surface area contributed by atoms with Crippen LogP contribution in [-0.4, -0.2) is 22.3 Å². The maximum absolute atomic E-state index is 5.54. The second kappa shape index (κ2) is 7.36. The second-order valence-corrected chi connectivity index (χ2v) is 12.4. The summed E-state index contributed by atoms with van der Waals surface area (Å²) in [6, 6.07) is 25.9. The molecule has 0 aromatic heterocycles. The van der Waals surface area contributed by atoms with Crippen LogP contribution in [0, 0.1) is 0 Å². The van der Waals surface area contributed by atoms with Gasteiger partial charge in [0.05, 0.1) is 19.9 Å². The third-order valence-electron chi connectivity index (χ3n) is 5.83. The number of fused-ring (bicyclic) bond motifs is 1. The number of ether oxygens (including phenoxy) is 2. The fraction of sp³-hybridized carbons (Fsp3) is 0.250. The van der Waals surface area contributed by atoms with Crippen LogP contribution in [0.4, 0.5) is 5.69 Å². The van der Waals surface area contributed by atoms with E-state index in [1.54, 1.807) is 14.2 Å². The average Bonchev–Trinajstić information content (AvgIpc) is 2.95. The van der Waals surface area contributed by atoms with E-state index in [9.17, 15) is 0 Å². The Labute approximate surface area is 168 Å². The normalized spacial score (nSPS) is 17.3. The molecule has 1 atom stereocenters. The minimum Gasteiger partial charge on any atom is -0.497 e. The molecule has 4 heteroatoms. The maximum atomic E-state index is 5.54. The van der Waals surface area contributed by atoms with Crippen molar-refractivity contribution in [2.24, 2.45) is 0 Å². The van der Waals surface area contributed by atoms with Crippen molar-refractivity contribution in [3.8, 4) is 11.5 Å². The standard InChI is InChI=1S/C24H27NO2Si/c1-26-20-12-10-18(11-13-20)17-25-22-15-14-21(27-2)16-23(22)28(3,4)24(25)19-8-6-5-7-9-19/h5-16,24H,17H2,1-4H3. The van der Waals surface area contributed by atoms with Gasteiger partial charge in [0, 0.05) is 12.2 Å². The lowest BCUT2D eigenvalue weighted by atomic mass is 10.1. The predicted octanol–water partition coefficient (Wildman–Crippen LogP) is 4.92. The van der Waals surface area contributed by atoms with Crippen molar-refractivity contribution in [3.63, 3.8) is 0 Å². The van der Waals surface area contributed by atoms with Crippen molar-refractivity contribution < 1.29 is 9.47 Å². The van der Waals surface area contributed by atoms with Crippen LogP contribution in [0.2, 0.25) is 13.1 Å². The molecule has 3 aromatic rings. The topological polar surface area (TPSA) is 21.7 Å². The van der Waals surface area contributed by atoms with Gasteiger partial charge < -0.3 is 14.4 Å². The van der Waals surface area contributed by atoms with Gasteiger partial charge in [0.2, 0.25) is 0 Å². The average molecular weight is 390 g/mol. The zero-order chi connectivity index (χ0) is 19.7. The van der Waals surface area contributed by atoms with Crippen molar-refractivity contribution in [2.75, 3.05) is 19.1 Å². The molecule has 28 heavy (non-hydrogen) atoms. The van der Waals surface area contributed by atoms with E-state index in [4.69, 9.17) is 9.47 Å². The first-order valence-electron chi connectivity index (χ1n) is 9.67. The van der Waals surface area contributed by atoms with Crippen LogP contribution in [0.15, 0.2) is 72.8 Å². The number of methoxy groups -OCH3 is 2. The Hall–Kier alpha value is -2.72. The Bertz CT molecular complexity index is 954. The monoisotopic (exact) mass is 389 g/mol. The van der Waals surface area contributed by atoms with E-state index in [2.05, 4.69) is 78.7 Å². The first kappa shape index (κ1) is 18.6. The van der Waals surface area contributed by atoms with E-state index >= 15 is 0 Å². The van der Waals surface area contributed by atoms with Gasteiger partial charge in [-0.05, 0) is 46.6 Å². The highest BCUT2D eigenvalue weighted by Crippen LogP contribution is 2.43. The predicted molar refractivity (Wildman–Crippen MR) is 118 cm³/mol. The van der Waals surface area contributed by atoms with Crippen molar-refractivity contribution >= 4 is 18.9 Å². The van der Waals surface area contributed by atoms with Crippen molar-refractivity contribution in [2.45, 2.75) is 25.3 Å². The molecule has 1 unspecified atom stereocenters. The van der Waals surface area contributed by atoms with Crippen LogP contribution in [0.25, 0.3) is 0 Å². The van der Waals surface area contributed by atoms with Gasteiger partial charge in [0.1, 0.15) is 19.6 Å². The van der Waals surface area contributed by atoms with Gasteiger partial charge >= 0.3 is 0 Å². The molecular weight excluding hydrogens is 362 g/mol. The molecule has 0 saturated heterocycles. The van der Waals surface area contributed by atoms with Gasteiger partial charge in [-0.3, -0.25) is 0 Å². The molecule has 0 aliphatic carbocycles. The first-order valence-corrected chi connectivity index (χ1v) is 12.8. The lowest BCUT2D eigenvalue weighted by Crippen LogP contribution is -2.46. The van der Waals surface area contributed by atoms with Crippen LogP contribution in [0.3, 0.4) is 0 Å². The molecule has 0 N–H and O–H groups in total. The molecule has 0 saturated carbocycles. The lowest BCUT2D eigenvalue weighted by Gasteiger charge is -2.34. The summed E-state index contributed by atoms with van der Waals surface area (Å²) in [5.41, 5.74) is 4.40. The van der Waals surface area contributed by atoms with Crippen LogP contribution in [0.5, 0.6) is 11.5 Å². The minimum absolute atomic E-state index is 0.387. The molecule has 1 heterocycles. The number of nitrogens with zero attached hydrogens (tertiary/aromatic N) is 1. The molecule has 0 fully saturated rings. The molecule has 0 radical (unpaired) electrons. The maximum Gasteiger partial charge on any atom is 0.118 e. The van der Waals surface area contributed by atoms with Crippen LogP contribution >= 0.6 is 0 Å². The van der Waals surface area contributed by atoms with Crippen LogP contribution in [-0.2, 0) is 6.54 Å². The Kier molecular flexibility index (Phi) is 4.90. The Balaban J connectivity index is 1.80. The molecule has 144 valence electrons. The van der Waals surface area contributed by atoms with Crippen LogP contribution in [0.1, 0.15) is 16.8 Å². The number of benzene rings is 3. The highest BCUT2D eigenvalue weighted by atomic mass is 28.3. The van der Waals surface area contributed by atoms with Gasteiger partial charge in [0.25, 0.3) is 0 Å². The summed E-state index contributed by atoms with van der Waals surface area (Å²) in [6.07, 6.45) is 0. The van der Waals surface area contributed by atoms with Crippen molar-refractivity contribution in [1.82, 2.24) is 0 Å². The zero-order valence-corrected chi connectivity index (χ0v) is 18.0. The third-order valence-corrected chi connectivity index (χ3v) is 9.63. The van der Waals surface area contributed by atoms with E-state index in [1.807, 2.05) is 12.1 Å². The molecule has 0 bridgehead atoms. The van der Waals surface area contributed by atoms with Gasteiger partial charge in [-0.25, -0.2) is 0 Å². The summed E-state index contributed by atoms with van der Waals surface area (Å²) in [5.74, 6) is 1.84. The van der Waals surface area contributed by atoms with Crippen LogP contribution < -0.4 is 19.6 Å². The van der Waals surface area contributed by atoms with E-state index in [-0.39, 0.29) is 0 Å².